The first-order chi connectivity index (χ1) is 12.7. The SMILES string of the molecule is CCNC(=NCCc1cc(OC)ccc1OC)N(C)CCOCC1CC1. The van der Waals surface area contributed by atoms with Crippen molar-refractivity contribution >= 4 is 5.96 Å². The lowest BCUT2D eigenvalue weighted by Gasteiger charge is -2.22. The van der Waals surface area contributed by atoms with Crippen LogP contribution in [0, 0.1) is 5.92 Å². The lowest BCUT2D eigenvalue weighted by molar-refractivity contribution is 0.115. The number of likely N-dealkylation sites (N-methyl/N-ethyl adjacent to an activating group) is 1. The molecule has 0 heterocycles. The van der Waals surface area contributed by atoms with E-state index in [-0.39, 0.29) is 0 Å². The minimum absolute atomic E-state index is 0.680. The predicted octanol–water partition coefficient (Wildman–Crippen LogP) is 2.57. The van der Waals surface area contributed by atoms with Gasteiger partial charge in [0.15, 0.2) is 5.96 Å². The molecule has 0 bridgehead atoms. The molecule has 0 aliphatic heterocycles. The van der Waals surface area contributed by atoms with Crippen LogP contribution in [-0.4, -0.2) is 65.0 Å². The summed E-state index contributed by atoms with van der Waals surface area (Å²) in [6.07, 6.45) is 3.45. The minimum Gasteiger partial charge on any atom is -0.497 e. The largest absolute Gasteiger partial charge is 0.497 e. The summed E-state index contributed by atoms with van der Waals surface area (Å²) in [5.74, 6) is 3.42. The molecular formula is C20H33N3O3. The van der Waals surface area contributed by atoms with Gasteiger partial charge in [0.25, 0.3) is 0 Å². The van der Waals surface area contributed by atoms with Crippen LogP contribution in [0.1, 0.15) is 25.3 Å². The maximum absolute atomic E-state index is 5.73. The van der Waals surface area contributed by atoms with Crippen LogP contribution in [0.2, 0.25) is 0 Å². The zero-order valence-electron chi connectivity index (χ0n) is 16.6. The Morgan fingerprint density at radius 3 is 2.73 bits per heavy atom. The number of hydrogen-bond donors (Lipinski definition) is 1. The Bertz CT molecular complexity index is 573. The number of hydrogen-bond acceptors (Lipinski definition) is 4. The van der Waals surface area contributed by atoms with Gasteiger partial charge < -0.3 is 24.4 Å². The molecule has 0 spiro atoms. The van der Waals surface area contributed by atoms with Crippen LogP contribution in [0.3, 0.4) is 0 Å². The van der Waals surface area contributed by atoms with Crippen LogP contribution in [0.25, 0.3) is 0 Å². The van der Waals surface area contributed by atoms with Gasteiger partial charge in [-0.05, 0) is 55.9 Å². The molecule has 2 rings (SSSR count). The second-order valence-corrected chi connectivity index (χ2v) is 6.60. The highest BCUT2D eigenvalue weighted by molar-refractivity contribution is 5.79. The molecule has 1 saturated carbocycles. The molecule has 26 heavy (non-hydrogen) atoms. The molecule has 0 atom stereocenters. The second kappa shape index (κ2) is 10.9. The fourth-order valence-corrected chi connectivity index (χ4v) is 2.67. The Labute approximate surface area is 157 Å². The summed E-state index contributed by atoms with van der Waals surface area (Å²) in [5, 5.41) is 3.35. The van der Waals surface area contributed by atoms with E-state index in [1.54, 1.807) is 14.2 Å². The van der Waals surface area contributed by atoms with Gasteiger partial charge in [-0.25, -0.2) is 0 Å². The molecule has 6 heteroatoms. The highest BCUT2D eigenvalue weighted by atomic mass is 16.5. The van der Waals surface area contributed by atoms with Crippen LogP contribution in [0.5, 0.6) is 11.5 Å². The molecule has 0 saturated heterocycles. The number of benzene rings is 1. The first kappa shape index (κ1) is 20.4. The second-order valence-electron chi connectivity index (χ2n) is 6.60. The maximum atomic E-state index is 5.73. The molecule has 1 aliphatic carbocycles. The van der Waals surface area contributed by atoms with E-state index in [0.717, 1.165) is 61.7 Å². The third kappa shape index (κ3) is 6.75. The highest BCUT2D eigenvalue weighted by Gasteiger charge is 2.21. The Morgan fingerprint density at radius 1 is 1.27 bits per heavy atom. The van der Waals surface area contributed by atoms with E-state index in [1.165, 1.54) is 12.8 Å². The summed E-state index contributed by atoms with van der Waals surface area (Å²) >= 11 is 0. The molecule has 0 amide bonds. The fraction of sp³-hybridized carbons (Fsp3) is 0.650. The van der Waals surface area contributed by atoms with Gasteiger partial charge in [-0.3, -0.25) is 4.99 Å². The number of aliphatic imine (C=N–C) groups is 1. The molecule has 1 aliphatic rings. The highest BCUT2D eigenvalue weighted by Crippen LogP contribution is 2.28. The molecule has 1 aromatic carbocycles. The van der Waals surface area contributed by atoms with Crippen molar-refractivity contribution in [3.8, 4) is 11.5 Å². The number of methoxy groups -OCH3 is 2. The monoisotopic (exact) mass is 363 g/mol. The lowest BCUT2D eigenvalue weighted by Crippen LogP contribution is -2.40. The molecule has 0 aromatic heterocycles. The molecule has 0 unspecified atom stereocenters. The quantitative estimate of drug-likeness (QED) is 0.372. The third-order valence-electron chi connectivity index (χ3n) is 4.45. The van der Waals surface area contributed by atoms with E-state index in [2.05, 4.69) is 17.1 Å². The minimum atomic E-state index is 0.680. The van der Waals surface area contributed by atoms with Crippen LogP contribution >= 0.6 is 0 Å². The predicted molar refractivity (Wildman–Crippen MR) is 105 cm³/mol. The van der Waals surface area contributed by atoms with Gasteiger partial charge in [-0.2, -0.15) is 0 Å². The maximum Gasteiger partial charge on any atom is 0.193 e. The first-order valence-corrected chi connectivity index (χ1v) is 9.46. The van der Waals surface area contributed by atoms with Gasteiger partial charge in [0.2, 0.25) is 0 Å². The van der Waals surface area contributed by atoms with Gasteiger partial charge in [-0.1, -0.05) is 0 Å². The Morgan fingerprint density at radius 2 is 2.08 bits per heavy atom. The van der Waals surface area contributed by atoms with Crippen molar-refractivity contribution in [1.29, 1.82) is 0 Å². The van der Waals surface area contributed by atoms with Crippen LogP contribution in [0.4, 0.5) is 0 Å². The fourth-order valence-electron chi connectivity index (χ4n) is 2.67. The average molecular weight is 364 g/mol. The van der Waals surface area contributed by atoms with Crippen molar-refractivity contribution in [2.24, 2.45) is 10.9 Å². The van der Waals surface area contributed by atoms with E-state index in [0.29, 0.717) is 6.54 Å². The first-order valence-electron chi connectivity index (χ1n) is 9.46. The number of nitrogens with zero attached hydrogens (tertiary/aromatic N) is 2. The Kier molecular flexibility index (Phi) is 8.54. The zero-order valence-corrected chi connectivity index (χ0v) is 16.6. The normalized spacial score (nSPS) is 14.2. The summed E-state index contributed by atoms with van der Waals surface area (Å²) in [6.45, 7) is 6.07. The zero-order chi connectivity index (χ0) is 18.8. The van der Waals surface area contributed by atoms with E-state index < -0.39 is 0 Å². The third-order valence-corrected chi connectivity index (χ3v) is 4.45. The van der Waals surface area contributed by atoms with Crippen LogP contribution in [0.15, 0.2) is 23.2 Å². The van der Waals surface area contributed by atoms with Gasteiger partial charge in [-0.15, -0.1) is 0 Å². The number of rotatable bonds is 11. The topological polar surface area (TPSA) is 55.3 Å². The average Bonchev–Trinajstić information content (AvgIpc) is 3.48. The molecule has 1 fully saturated rings. The van der Waals surface area contributed by atoms with E-state index in [4.69, 9.17) is 19.2 Å². The smallest absolute Gasteiger partial charge is 0.193 e. The number of ether oxygens (including phenoxy) is 3. The summed E-state index contributed by atoms with van der Waals surface area (Å²) < 4.78 is 16.5. The van der Waals surface area contributed by atoms with Crippen molar-refractivity contribution in [3.05, 3.63) is 23.8 Å². The molecule has 0 radical (unpaired) electrons. The van der Waals surface area contributed by atoms with E-state index in [1.807, 2.05) is 25.2 Å². The van der Waals surface area contributed by atoms with Gasteiger partial charge in [0.1, 0.15) is 11.5 Å². The van der Waals surface area contributed by atoms with Crippen molar-refractivity contribution in [2.75, 3.05) is 54.1 Å². The van der Waals surface area contributed by atoms with Crippen molar-refractivity contribution in [2.45, 2.75) is 26.2 Å². The summed E-state index contributed by atoms with van der Waals surface area (Å²) in [7, 11) is 5.41. The molecule has 146 valence electrons. The van der Waals surface area contributed by atoms with Crippen molar-refractivity contribution in [1.82, 2.24) is 10.2 Å². The Hall–Kier alpha value is -1.95. The van der Waals surface area contributed by atoms with E-state index >= 15 is 0 Å². The number of nitrogens with one attached hydrogen (secondary N) is 1. The Balaban J connectivity index is 1.86. The van der Waals surface area contributed by atoms with Crippen LogP contribution in [-0.2, 0) is 11.2 Å². The van der Waals surface area contributed by atoms with Crippen LogP contribution < -0.4 is 14.8 Å². The van der Waals surface area contributed by atoms with Crippen molar-refractivity contribution in [3.63, 3.8) is 0 Å². The standard InChI is InChI=1S/C20H33N3O3/c1-5-21-20(23(2)12-13-26-15-16-6-7-16)22-11-10-17-14-18(24-3)8-9-19(17)25-4/h8-9,14,16H,5-7,10-13,15H2,1-4H3,(H,21,22). The summed E-state index contributed by atoms with van der Waals surface area (Å²) in [6, 6.07) is 5.86. The summed E-state index contributed by atoms with van der Waals surface area (Å²) in [4.78, 5) is 6.87. The van der Waals surface area contributed by atoms with Gasteiger partial charge in [0, 0.05) is 33.3 Å². The van der Waals surface area contributed by atoms with Gasteiger partial charge in [0.05, 0.1) is 20.8 Å². The summed E-state index contributed by atoms with van der Waals surface area (Å²) in [5.41, 5.74) is 1.10. The molecule has 1 N–H and O–H groups in total. The molecule has 1 aromatic rings. The lowest BCUT2D eigenvalue weighted by atomic mass is 10.1. The molecular weight excluding hydrogens is 330 g/mol. The van der Waals surface area contributed by atoms with E-state index in [9.17, 15) is 0 Å². The van der Waals surface area contributed by atoms with Gasteiger partial charge >= 0.3 is 0 Å². The number of guanidine groups is 1. The molecule has 6 nitrogen and oxygen atoms in total. The van der Waals surface area contributed by atoms with Crippen molar-refractivity contribution < 1.29 is 14.2 Å².